The Morgan fingerprint density at radius 2 is 2.00 bits per heavy atom. The van der Waals surface area contributed by atoms with Gasteiger partial charge in [0.25, 0.3) is 0 Å². The van der Waals surface area contributed by atoms with Gasteiger partial charge < -0.3 is 25.3 Å². The Labute approximate surface area is 238 Å². The van der Waals surface area contributed by atoms with Crippen molar-refractivity contribution in [2.24, 2.45) is 7.05 Å². The molecule has 1 fully saturated rings. The van der Waals surface area contributed by atoms with Gasteiger partial charge in [-0.1, -0.05) is 24.3 Å². The standard InChI is InChI=1S/C31H32N8O2/c1-20-10-11-23-24(7-3-9-26(23)37-28(40)16-22-18-39(2)19-35-22)29(20)41-30-25(8-5-14-33-30)27-12-15-34-31(38-27)36-21-6-4-13-32-17-21/h3,5,7-12,14-15,18-19,21,32H,4,6,13,16-17H2,1-2H3,(H,37,40)(H,34,36,38)/t21-/m0/s1. The summed E-state index contributed by atoms with van der Waals surface area (Å²) in [7, 11) is 1.88. The van der Waals surface area contributed by atoms with E-state index in [0.717, 1.165) is 53.5 Å². The molecule has 1 amide bonds. The van der Waals surface area contributed by atoms with Gasteiger partial charge in [0.15, 0.2) is 0 Å². The molecule has 5 aromatic rings. The third-order valence-electron chi connectivity index (χ3n) is 7.11. The Hall–Kier alpha value is -4.83. The number of aromatic nitrogens is 5. The van der Waals surface area contributed by atoms with Crippen molar-refractivity contribution in [3.05, 3.63) is 84.7 Å². The van der Waals surface area contributed by atoms with Crippen LogP contribution in [0, 0.1) is 6.92 Å². The molecule has 0 unspecified atom stereocenters. The van der Waals surface area contributed by atoms with Crippen molar-refractivity contribution in [2.75, 3.05) is 23.7 Å². The van der Waals surface area contributed by atoms with E-state index in [1.807, 2.05) is 73.3 Å². The Kier molecular flexibility index (Phi) is 7.55. The van der Waals surface area contributed by atoms with E-state index >= 15 is 0 Å². The fourth-order valence-electron chi connectivity index (χ4n) is 5.10. The van der Waals surface area contributed by atoms with E-state index in [9.17, 15) is 4.79 Å². The highest BCUT2D eigenvalue weighted by molar-refractivity contribution is 6.04. The molecule has 1 saturated heterocycles. The number of fused-ring (bicyclic) bond motifs is 1. The predicted molar refractivity (Wildman–Crippen MR) is 159 cm³/mol. The highest BCUT2D eigenvalue weighted by atomic mass is 16.5. The lowest BCUT2D eigenvalue weighted by molar-refractivity contribution is -0.115. The van der Waals surface area contributed by atoms with Crippen molar-refractivity contribution in [3.63, 3.8) is 0 Å². The van der Waals surface area contributed by atoms with Gasteiger partial charge in [-0.15, -0.1) is 0 Å². The van der Waals surface area contributed by atoms with E-state index in [-0.39, 0.29) is 12.3 Å². The molecule has 3 N–H and O–H groups in total. The normalized spacial score (nSPS) is 15.0. The zero-order valence-corrected chi connectivity index (χ0v) is 23.1. The number of benzene rings is 2. The van der Waals surface area contributed by atoms with Crippen molar-refractivity contribution in [1.82, 2.24) is 29.8 Å². The number of aryl methyl sites for hydroxylation is 2. The van der Waals surface area contributed by atoms with Crippen molar-refractivity contribution >= 4 is 28.3 Å². The number of imidazole rings is 1. The van der Waals surface area contributed by atoms with Crippen LogP contribution in [0.25, 0.3) is 22.0 Å². The van der Waals surface area contributed by atoms with E-state index in [4.69, 9.17) is 9.72 Å². The zero-order chi connectivity index (χ0) is 28.2. The molecule has 3 aromatic heterocycles. The Bertz CT molecular complexity index is 1690. The number of carbonyl (C=O) groups excluding carboxylic acids is 1. The van der Waals surface area contributed by atoms with Gasteiger partial charge in [-0.3, -0.25) is 4.79 Å². The van der Waals surface area contributed by atoms with Gasteiger partial charge in [-0.25, -0.2) is 19.9 Å². The first-order valence-corrected chi connectivity index (χ1v) is 13.8. The van der Waals surface area contributed by atoms with Crippen LogP contribution >= 0.6 is 0 Å². The summed E-state index contributed by atoms with van der Waals surface area (Å²) in [6, 6.07) is 15.7. The highest BCUT2D eigenvalue weighted by Gasteiger charge is 2.18. The number of nitrogens with zero attached hydrogens (tertiary/aromatic N) is 5. The number of nitrogens with one attached hydrogen (secondary N) is 3. The Balaban J connectivity index is 1.28. The lowest BCUT2D eigenvalue weighted by Crippen LogP contribution is -2.38. The first kappa shape index (κ1) is 26.4. The van der Waals surface area contributed by atoms with Crippen molar-refractivity contribution in [2.45, 2.75) is 32.2 Å². The summed E-state index contributed by atoms with van der Waals surface area (Å²) in [6.45, 7) is 3.93. The molecule has 1 aliphatic heterocycles. The van der Waals surface area contributed by atoms with Crippen LogP contribution in [0.1, 0.15) is 24.1 Å². The van der Waals surface area contributed by atoms with E-state index in [1.54, 1.807) is 18.7 Å². The van der Waals surface area contributed by atoms with Crippen LogP contribution < -0.4 is 20.7 Å². The van der Waals surface area contributed by atoms with Crippen LogP contribution in [0.2, 0.25) is 0 Å². The second-order valence-corrected chi connectivity index (χ2v) is 10.3. The lowest BCUT2D eigenvalue weighted by atomic mass is 10.0. The van der Waals surface area contributed by atoms with Crippen LogP contribution in [0.5, 0.6) is 11.6 Å². The molecular formula is C31H32N8O2. The fraction of sp³-hybridized carbons (Fsp3) is 0.258. The molecule has 4 heterocycles. The summed E-state index contributed by atoms with van der Waals surface area (Å²) in [6.07, 6.45) is 9.37. The summed E-state index contributed by atoms with van der Waals surface area (Å²) in [4.78, 5) is 30.9. The van der Waals surface area contributed by atoms with Crippen LogP contribution in [0.15, 0.2) is 73.4 Å². The van der Waals surface area contributed by atoms with E-state index in [1.165, 1.54) is 0 Å². The number of anilines is 2. The third-order valence-corrected chi connectivity index (χ3v) is 7.11. The van der Waals surface area contributed by atoms with Gasteiger partial charge in [0.05, 0.1) is 29.7 Å². The van der Waals surface area contributed by atoms with E-state index < -0.39 is 0 Å². The van der Waals surface area contributed by atoms with Gasteiger partial charge in [-0.2, -0.15) is 0 Å². The number of pyridine rings is 1. The summed E-state index contributed by atoms with van der Waals surface area (Å²) in [5, 5.41) is 11.6. The number of rotatable bonds is 8. The maximum absolute atomic E-state index is 12.8. The molecule has 2 aromatic carbocycles. The van der Waals surface area contributed by atoms with Crippen LogP contribution in [0.3, 0.4) is 0 Å². The number of hydrogen-bond donors (Lipinski definition) is 3. The molecular weight excluding hydrogens is 516 g/mol. The summed E-state index contributed by atoms with van der Waals surface area (Å²) in [5.74, 6) is 1.56. The summed E-state index contributed by atoms with van der Waals surface area (Å²) in [5.41, 5.74) is 3.84. The average Bonchev–Trinajstić information content (AvgIpc) is 3.39. The molecule has 1 atom stereocenters. The van der Waals surface area contributed by atoms with E-state index in [2.05, 4.69) is 30.9 Å². The Morgan fingerprint density at radius 3 is 2.83 bits per heavy atom. The number of amides is 1. The molecule has 0 radical (unpaired) electrons. The first-order valence-electron chi connectivity index (χ1n) is 13.8. The van der Waals surface area contributed by atoms with Crippen molar-refractivity contribution < 1.29 is 9.53 Å². The van der Waals surface area contributed by atoms with Crippen molar-refractivity contribution in [1.29, 1.82) is 0 Å². The number of carbonyl (C=O) groups is 1. The van der Waals surface area contributed by atoms with Gasteiger partial charge in [0.2, 0.25) is 17.7 Å². The second-order valence-electron chi connectivity index (χ2n) is 10.3. The first-order chi connectivity index (χ1) is 20.0. The quantitative estimate of drug-likeness (QED) is 0.251. The second kappa shape index (κ2) is 11.7. The minimum Gasteiger partial charge on any atom is -0.437 e. The minimum atomic E-state index is -0.136. The minimum absolute atomic E-state index is 0.136. The molecule has 6 rings (SSSR count). The molecule has 0 saturated carbocycles. The maximum Gasteiger partial charge on any atom is 0.230 e. The highest BCUT2D eigenvalue weighted by Crippen LogP contribution is 2.38. The SMILES string of the molecule is Cc1ccc2c(NC(=O)Cc3cn(C)cn3)cccc2c1Oc1ncccc1-c1ccnc(N[C@H]2CCCNC2)n1. The van der Waals surface area contributed by atoms with Gasteiger partial charge in [-0.05, 0) is 56.1 Å². The van der Waals surface area contributed by atoms with Gasteiger partial charge in [0, 0.05) is 54.7 Å². The van der Waals surface area contributed by atoms with Crippen LogP contribution in [-0.4, -0.2) is 49.5 Å². The maximum atomic E-state index is 12.8. The largest absolute Gasteiger partial charge is 0.437 e. The molecule has 208 valence electrons. The molecule has 1 aliphatic rings. The van der Waals surface area contributed by atoms with E-state index in [0.29, 0.717) is 35.0 Å². The molecule has 41 heavy (non-hydrogen) atoms. The number of hydrogen-bond acceptors (Lipinski definition) is 8. The van der Waals surface area contributed by atoms with Gasteiger partial charge >= 0.3 is 0 Å². The summed E-state index contributed by atoms with van der Waals surface area (Å²) < 4.78 is 8.35. The number of piperidine rings is 1. The fourth-order valence-corrected chi connectivity index (χ4v) is 5.10. The average molecular weight is 549 g/mol. The topological polar surface area (TPSA) is 119 Å². The number of ether oxygens (including phenoxy) is 1. The zero-order valence-electron chi connectivity index (χ0n) is 23.1. The molecule has 0 bridgehead atoms. The molecule has 0 aliphatic carbocycles. The van der Waals surface area contributed by atoms with Gasteiger partial charge in [0.1, 0.15) is 5.75 Å². The molecule has 10 nitrogen and oxygen atoms in total. The monoisotopic (exact) mass is 548 g/mol. The molecule has 10 heteroatoms. The Morgan fingerprint density at radius 1 is 1.07 bits per heavy atom. The van der Waals surface area contributed by atoms with Crippen LogP contribution in [0.4, 0.5) is 11.6 Å². The van der Waals surface area contributed by atoms with Crippen molar-refractivity contribution in [3.8, 4) is 22.9 Å². The third kappa shape index (κ3) is 6.02. The summed E-state index contributed by atoms with van der Waals surface area (Å²) >= 11 is 0. The predicted octanol–water partition coefficient (Wildman–Crippen LogP) is 4.87. The van der Waals surface area contributed by atoms with Crippen LogP contribution in [-0.2, 0) is 18.3 Å². The lowest BCUT2D eigenvalue weighted by Gasteiger charge is -2.23. The smallest absolute Gasteiger partial charge is 0.230 e. The molecule has 0 spiro atoms.